The molecule has 4 nitrogen and oxygen atoms in total. The van der Waals surface area contributed by atoms with Crippen LogP contribution in [0.25, 0.3) is 0 Å². The lowest BCUT2D eigenvalue weighted by atomic mass is 10.3. The maximum absolute atomic E-state index is 12.0. The number of alkyl halides is 6. The molecule has 0 bridgehead atoms. The zero-order valence-electron chi connectivity index (χ0n) is 10.1. The quantitative estimate of drug-likeness (QED) is 0.474. The topological polar surface area (TPSA) is 47.9 Å². The van der Waals surface area contributed by atoms with E-state index >= 15 is 0 Å². The zero-order valence-corrected chi connectivity index (χ0v) is 10.1. The van der Waals surface area contributed by atoms with E-state index in [0.717, 1.165) is 24.3 Å². The number of hydrogen-bond acceptors (Lipinski definition) is 4. The van der Waals surface area contributed by atoms with Crippen molar-refractivity contribution in [1.29, 1.82) is 0 Å². The van der Waals surface area contributed by atoms with Gasteiger partial charge in [0.25, 0.3) is 0 Å². The number of benzene rings is 1. The summed E-state index contributed by atoms with van der Waals surface area (Å²) < 4.78 is 80.7. The molecule has 1 aromatic carbocycles. The van der Waals surface area contributed by atoms with E-state index in [1.54, 1.807) is 0 Å². The van der Waals surface area contributed by atoms with Crippen molar-refractivity contribution in [1.82, 2.24) is 0 Å². The highest BCUT2D eigenvalue weighted by atomic mass is 19.4. The van der Waals surface area contributed by atoms with Crippen molar-refractivity contribution in [2.24, 2.45) is 4.99 Å². The summed E-state index contributed by atoms with van der Waals surface area (Å²) >= 11 is 0. The molecule has 21 heavy (non-hydrogen) atoms. The second kappa shape index (κ2) is 6.49. The zero-order chi connectivity index (χ0) is 16.1. The van der Waals surface area contributed by atoms with E-state index in [-0.39, 0.29) is 5.69 Å². The van der Waals surface area contributed by atoms with Crippen molar-refractivity contribution in [3.05, 3.63) is 18.2 Å². The van der Waals surface area contributed by atoms with Crippen LogP contribution in [0.15, 0.2) is 23.2 Å². The number of ether oxygens (including phenoxy) is 2. The van der Waals surface area contributed by atoms with Gasteiger partial charge in [0.05, 0.1) is 5.69 Å². The Bertz CT molecular complexity index is 497. The average molecular weight is 315 g/mol. The van der Waals surface area contributed by atoms with Gasteiger partial charge in [-0.1, -0.05) is 0 Å². The first-order chi connectivity index (χ1) is 9.59. The summed E-state index contributed by atoms with van der Waals surface area (Å²) in [7, 11) is 0. The summed E-state index contributed by atoms with van der Waals surface area (Å²) in [4.78, 5) is 13.2. The fraction of sp³-hybridized carbons (Fsp3) is 0.364. The molecular formula is C11H7F6NO3. The number of isocyanates is 1. The largest absolute Gasteiger partial charge is 0.484 e. The smallest absolute Gasteiger partial charge is 0.422 e. The molecule has 0 fully saturated rings. The number of carbonyl (C=O) groups excluding carboxylic acids is 1. The summed E-state index contributed by atoms with van der Waals surface area (Å²) in [6, 6.07) is 2.68. The first kappa shape index (κ1) is 16.8. The van der Waals surface area contributed by atoms with Gasteiger partial charge in [-0.3, -0.25) is 0 Å². The third-order valence-electron chi connectivity index (χ3n) is 1.84. The van der Waals surface area contributed by atoms with Crippen LogP contribution in [0.3, 0.4) is 0 Å². The molecule has 0 saturated heterocycles. The number of rotatable bonds is 5. The normalized spacial score (nSPS) is 11.7. The van der Waals surface area contributed by atoms with Gasteiger partial charge in [-0.05, 0) is 0 Å². The highest BCUT2D eigenvalue weighted by Gasteiger charge is 2.29. The van der Waals surface area contributed by atoms with Crippen molar-refractivity contribution in [3.63, 3.8) is 0 Å². The lowest BCUT2D eigenvalue weighted by molar-refractivity contribution is -0.153. The van der Waals surface area contributed by atoms with Gasteiger partial charge in [0, 0.05) is 18.2 Å². The Morgan fingerprint density at radius 2 is 1.33 bits per heavy atom. The Hall–Kier alpha value is -2.22. The second-order valence-electron chi connectivity index (χ2n) is 3.67. The molecule has 0 amide bonds. The van der Waals surface area contributed by atoms with E-state index in [1.165, 1.54) is 0 Å². The van der Waals surface area contributed by atoms with Crippen LogP contribution in [0, 0.1) is 0 Å². The summed E-state index contributed by atoms with van der Waals surface area (Å²) in [6.07, 6.45) is -8.15. The number of halogens is 6. The molecule has 0 aliphatic rings. The van der Waals surface area contributed by atoms with Crippen LogP contribution in [0.2, 0.25) is 0 Å². The first-order valence-corrected chi connectivity index (χ1v) is 5.21. The number of hydrogen-bond donors (Lipinski definition) is 0. The summed E-state index contributed by atoms with van der Waals surface area (Å²) in [5.74, 6) is -0.887. The molecule has 116 valence electrons. The highest BCUT2D eigenvalue weighted by molar-refractivity contribution is 5.55. The molecule has 0 unspecified atom stereocenters. The van der Waals surface area contributed by atoms with Gasteiger partial charge in [-0.15, -0.1) is 0 Å². The van der Waals surface area contributed by atoms with Gasteiger partial charge in [-0.25, -0.2) is 4.79 Å². The fourth-order valence-corrected chi connectivity index (χ4v) is 1.17. The minimum absolute atomic E-state index is 0.248. The third-order valence-corrected chi connectivity index (χ3v) is 1.84. The molecule has 0 aromatic heterocycles. The minimum atomic E-state index is -4.63. The van der Waals surface area contributed by atoms with Crippen LogP contribution in [-0.4, -0.2) is 31.6 Å². The Labute approximate surface area is 114 Å². The van der Waals surface area contributed by atoms with E-state index in [2.05, 4.69) is 14.5 Å². The van der Waals surface area contributed by atoms with Crippen molar-refractivity contribution in [3.8, 4) is 11.5 Å². The lowest BCUT2D eigenvalue weighted by Crippen LogP contribution is -2.20. The average Bonchev–Trinajstić information content (AvgIpc) is 2.33. The Morgan fingerprint density at radius 1 is 0.905 bits per heavy atom. The molecule has 0 spiro atoms. The minimum Gasteiger partial charge on any atom is -0.484 e. The van der Waals surface area contributed by atoms with Crippen molar-refractivity contribution >= 4 is 11.8 Å². The maximum Gasteiger partial charge on any atom is 0.422 e. The SMILES string of the molecule is O=C=Nc1cc(OCC(F)(F)F)cc(OCC(F)(F)F)c1. The fourth-order valence-electron chi connectivity index (χ4n) is 1.17. The van der Waals surface area contributed by atoms with Crippen LogP contribution in [-0.2, 0) is 4.79 Å². The molecule has 0 N–H and O–H groups in total. The van der Waals surface area contributed by atoms with Crippen LogP contribution in [0.4, 0.5) is 32.0 Å². The molecule has 0 saturated carbocycles. The molecule has 10 heteroatoms. The van der Waals surface area contributed by atoms with E-state index in [1.807, 2.05) is 0 Å². The molecule has 1 rings (SSSR count). The predicted octanol–water partition coefficient (Wildman–Crippen LogP) is 3.54. The van der Waals surface area contributed by atoms with Crippen LogP contribution >= 0.6 is 0 Å². The Morgan fingerprint density at radius 3 is 1.67 bits per heavy atom. The molecule has 0 aliphatic carbocycles. The van der Waals surface area contributed by atoms with Crippen molar-refractivity contribution < 1.29 is 40.6 Å². The Balaban J connectivity index is 2.92. The Kier molecular flexibility index (Phi) is 5.20. The van der Waals surface area contributed by atoms with Gasteiger partial charge in [0.15, 0.2) is 13.2 Å². The van der Waals surface area contributed by atoms with Gasteiger partial charge in [0.2, 0.25) is 6.08 Å². The van der Waals surface area contributed by atoms with Crippen molar-refractivity contribution in [2.45, 2.75) is 12.4 Å². The van der Waals surface area contributed by atoms with E-state index in [9.17, 15) is 31.1 Å². The van der Waals surface area contributed by atoms with Crippen LogP contribution in [0.1, 0.15) is 0 Å². The maximum atomic E-state index is 12.0. The standard InChI is InChI=1S/C11H7F6NO3/c12-10(13,14)4-20-8-1-7(18-6-19)2-9(3-8)21-5-11(15,16)17/h1-3H,4-5H2. The lowest BCUT2D eigenvalue weighted by Gasteiger charge is -2.13. The van der Waals surface area contributed by atoms with Crippen LogP contribution in [0.5, 0.6) is 11.5 Å². The predicted molar refractivity (Wildman–Crippen MR) is 57.3 cm³/mol. The van der Waals surface area contributed by atoms with E-state index in [4.69, 9.17) is 0 Å². The van der Waals surface area contributed by atoms with Gasteiger partial charge in [-0.2, -0.15) is 31.3 Å². The van der Waals surface area contributed by atoms with Crippen molar-refractivity contribution in [2.75, 3.05) is 13.2 Å². The number of aliphatic imine (C=N–C) groups is 1. The molecule has 0 heterocycles. The third kappa shape index (κ3) is 7.21. The van der Waals surface area contributed by atoms with E-state index in [0.29, 0.717) is 0 Å². The molecule has 0 aliphatic heterocycles. The van der Waals surface area contributed by atoms with Gasteiger partial charge >= 0.3 is 12.4 Å². The van der Waals surface area contributed by atoms with E-state index < -0.39 is 37.1 Å². The first-order valence-electron chi connectivity index (χ1n) is 5.21. The summed E-state index contributed by atoms with van der Waals surface area (Å²) in [6.45, 7) is -3.31. The van der Waals surface area contributed by atoms with Gasteiger partial charge < -0.3 is 9.47 Å². The molecule has 0 atom stereocenters. The highest BCUT2D eigenvalue weighted by Crippen LogP contribution is 2.30. The molecule has 0 radical (unpaired) electrons. The molecular weight excluding hydrogens is 308 g/mol. The van der Waals surface area contributed by atoms with Gasteiger partial charge in [0.1, 0.15) is 11.5 Å². The molecule has 1 aromatic rings. The monoisotopic (exact) mass is 315 g/mol. The van der Waals surface area contributed by atoms with Crippen LogP contribution < -0.4 is 9.47 Å². The second-order valence-corrected chi connectivity index (χ2v) is 3.67. The number of nitrogens with zero attached hydrogens (tertiary/aromatic N) is 1. The summed E-state index contributed by atoms with van der Waals surface area (Å²) in [5.41, 5.74) is -0.248. The summed E-state index contributed by atoms with van der Waals surface area (Å²) in [5, 5.41) is 0.